The highest BCUT2D eigenvalue weighted by atomic mass is 32.2. The second kappa shape index (κ2) is 8.72. The van der Waals surface area contributed by atoms with Crippen molar-refractivity contribution in [3.05, 3.63) is 54.1 Å². The third kappa shape index (κ3) is 4.70. The quantitative estimate of drug-likeness (QED) is 0.800. The predicted octanol–water partition coefficient (Wildman–Crippen LogP) is 2.75. The summed E-state index contributed by atoms with van der Waals surface area (Å²) in [5.74, 6) is 0.182. The van der Waals surface area contributed by atoms with E-state index in [9.17, 15) is 13.2 Å². The monoisotopic (exact) mass is 404 g/mol. The molecule has 0 aromatic heterocycles. The van der Waals surface area contributed by atoms with E-state index in [1.165, 1.54) is 16.4 Å². The van der Waals surface area contributed by atoms with Gasteiger partial charge in [-0.2, -0.15) is 4.31 Å². The number of nitrogens with zero attached hydrogens (tertiary/aromatic N) is 1. The molecule has 3 rings (SSSR count). The molecule has 7 nitrogen and oxygen atoms in total. The summed E-state index contributed by atoms with van der Waals surface area (Å²) in [5.41, 5.74) is 0.923. The second-order valence-corrected chi connectivity index (χ2v) is 8.60. The van der Waals surface area contributed by atoms with Crippen molar-refractivity contribution < 1.29 is 22.7 Å². The van der Waals surface area contributed by atoms with Gasteiger partial charge in [-0.15, -0.1) is 0 Å². The molecule has 1 fully saturated rings. The molecule has 2 aromatic rings. The van der Waals surface area contributed by atoms with E-state index in [0.717, 1.165) is 0 Å². The Morgan fingerprint density at radius 1 is 1.07 bits per heavy atom. The van der Waals surface area contributed by atoms with Crippen molar-refractivity contribution in [2.24, 2.45) is 0 Å². The fourth-order valence-electron chi connectivity index (χ4n) is 2.86. The van der Waals surface area contributed by atoms with Crippen LogP contribution in [0.15, 0.2) is 53.4 Å². The number of benzene rings is 2. The summed E-state index contributed by atoms with van der Waals surface area (Å²) in [4.78, 5) is 12.8. The van der Waals surface area contributed by atoms with E-state index >= 15 is 0 Å². The molecule has 0 saturated carbocycles. The molecular formula is C20H24N2O5S. The van der Waals surface area contributed by atoms with Gasteiger partial charge in [-0.3, -0.25) is 4.79 Å². The van der Waals surface area contributed by atoms with Crippen molar-refractivity contribution in [1.29, 1.82) is 0 Å². The van der Waals surface area contributed by atoms with Gasteiger partial charge in [0.1, 0.15) is 5.75 Å². The molecule has 1 amide bonds. The minimum Gasteiger partial charge on any atom is -0.490 e. The summed E-state index contributed by atoms with van der Waals surface area (Å²) < 4.78 is 37.6. The van der Waals surface area contributed by atoms with Gasteiger partial charge in [0.15, 0.2) is 0 Å². The highest BCUT2D eigenvalue weighted by molar-refractivity contribution is 7.89. The lowest BCUT2D eigenvalue weighted by Gasteiger charge is -2.26. The number of sulfonamides is 1. The van der Waals surface area contributed by atoms with Crippen molar-refractivity contribution in [1.82, 2.24) is 4.31 Å². The Hall–Kier alpha value is -2.42. The normalized spacial score (nSPS) is 15.4. The first-order valence-electron chi connectivity index (χ1n) is 9.13. The lowest BCUT2D eigenvalue weighted by Crippen LogP contribution is -2.40. The fraction of sp³-hybridized carbons (Fsp3) is 0.350. The van der Waals surface area contributed by atoms with Gasteiger partial charge in [-0.05, 0) is 50.2 Å². The minimum atomic E-state index is -3.56. The molecule has 1 saturated heterocycles. The van der Waals surface area contributed by atoms with E-state index in [-0.39, 0.29) is 16.9 Å². The van der Waals surface area contributed by atoms with Gasteiger partial charge < -0.3 is 14.8 Å². The van der Waals surface area contributed by atoms with Crippen molar-refractivity contribution in [3.63, 3.8) is 0 Å². The Labute approximate surface area is 165 Å². The van der Waals surface area contributed by atoms with Crippen LogP contribution in [-0.2, 0) is 14.8 Å². The van der Waals surface area contributed by atoms with E-state index in [1.54, 1.807) is 36.4 Å². The largest absolute Gasteiger partial charge is 0.490 e. The molecule has 0 radical (unpaired) electrons. The highest BCUT2D eigenvalue weighted by Gasteiger charge is 2.26. The predicted molar refractivity (Wildman–Crippen MR) is 106 cm³/mol. The van der Waals surface area contributed by atoms with Crippen LogP contribution < -0.4 is 10.1 Å². The summed E-state index contributed by atoms with van der Waals surface area (Å²) in [7, 11) is -3.56. The molecule has 8 heteroatoms. The Kier molecular flexibility index (Phi) is 6.33. The maximum Gasteiger partial charge on any atom is 0.259 e. The van der Waals surface area contributed by atoms with Crippen LogP contribution in [0.3, 0.4) is 0 Å². The highest BCUT2D eigenvalue weighted by Crippen LogP contribution is 2.23. The standard InChI is InChI=1S/C20H24N2O5S/c1-15(2)27-19-6-4-3-5-18(19)20(23)21-16-7-9-17(10-8-16)28(24,25)22-11-13-26-14-12-22/h3-10,15H,11-14H2,1-2H3,(H,21,23). The van der Waals surface area contributed by atoms with E-state index < -0.39 is 10.0 Å². The number of rotatable bonds is 6. The van der Waals surface area contributed by atoms with Gasteiger partial charge in [0.2, 0.25) is 10.0 Å². The van der Waals surface area contributed by atoms with E-state index in [0.29, 0.717) is 43.3 Å². The number of morpholine rings is 1. The molecule has 0 spiro atoms. The van der Waals surface area contributed by atoms with Gasteiger partial charge in [-0.1, -0.05) is 12.1 Å². The molecule has 1 heterocycles. The summed E-state index contributed by atoms with van der Waals surface area (Å²) >= 11 is 0. The van der Waals surface area contributed by atoms with Crippen LogP contribution in [0.1, 0.15) is 24.2 Å². The Bertz CT molecular complexity index is 920. The maximum atomic E-state index is 12.7. The number of nitrogens with one attached hydrogen (secondary N) is 1. The maximum absolute atomic E-state index is 12.7. The third-order valence-corrected chi connectivity index (χ3v) is 6.13. The van der Waals surface area contributed by atoms with Crippen LogP contribution in [-0.4, -0.2) is 51.0 Å². The van der Waals surface area contributed by atoms with Crippen LogP contribution >= 0.6 is 0 Å². The zero-order valence-electron chi connectivity index (χ0n) is 15.9. The molecule has 0 unspecified atom stereocenters. The summed E-state index contributed by atoms with van der Waals surface area (Å²) in [6.07, 6.45) is -0.0568. The molecule has 150 valence electrons. The van der Waals surface area contributed by atoms with Crippen LogP contribution in [0, 0.1) is 0 Å². The molecule has 0 bridgehead atoms. The van der Waals surface area contributed by atoms with Crippen molar-refractivity contribution in [2.45, 2.75) is 24.8 Å². The molecule has 1 aliphatic rings. The van der Waals surface area contributed by atoms with Crippen LogP contribution in [0.4, 0.5) is 5.69 Å². The van der Waals surface area contributed by atoms with Gasteiger partial charge in [0.05, 0.1) is 29.8 Å². The van der Waals surface area contributed by atoms with Crippen LogP contribution in [0.2, 0.25) is 0 Å². The Morgan fingerprint density at radius 2 is 1.71 bits per heavy atom. The van der Waals surface area contributed by atoms with Crippen LogP contribution in [0.25, 0.3) is 0 Å². The Morgan fingerprint density at radius 3 is 2.36 bits per heavy atom. The summed E-state index contributed by atoms with van der Waals surface area (Å²) in [6, 6.07) is 13.2. The smallest absolute Gasteiger partial charge is 0.259 e. The number of ether oxygens (including phenoxy) is 2. The Balaban J connectivity index is 1.73. The van der Waals surface area contributed by atoms with Gasteiger partial charge in [-0.25, -0.2) is 8.42 Å². The van der Waals surface area contributed by atoms with Crippen molar-refractivity contribution in [3.8, 4) is 5.75 Å². The number of carbonyl (C=O) groups excluding carboxylic acids is 1. The van der Waals surface area contributed by atoms with E-state index in [4.69, 9.17) is 9.47 Å². The molecule has 1 N–H and O–H groups in total. The first kappa shape index (κ1) is 20.3. The van der Waals surface area contributed by atoms with E-state index in [2.05, 4.69) is 5.32 Å². The molecule has 28 heavy (non-hydrogen) atoms. The minimum absolute atomic E-state index is 0.0568. The average Bonchev–Trinajstić information content (AvgIpc) is 2.69. The van der Waals surface area contributed by atoms with Gasteiger partial charge >= 0.3 is 0 Å². The molecule has 2 aromatic carbocycles. The number of hydrogen-bond acceptors (Lipinski definition) is 5. The van der Waals surface area contributed by atoms with Crippen LogP contribution in [0.5, 0.6) is 5.75 Å². The molecule has 0 aliphatic carbocycles. The second-order valence-electron chi connectivity index (χ2n) is 6.66. The summed E-state index contributed by atoms with van der Waals surface area (Å²) in [6.45, 7) is 5.25. The van der Waals surface area contributed by atoms with Crippen molar-refractivity contribution in [2.75, 3.05) is 31.6 Å². The SMILES string of the molecule is CC(C)Oc1ccccc1C(=O)Nc1ccc(S(=O)(=O)N2CCOCC2)cc1. The zero-order valence-corrected chi connectivity index (χ0v) is 16.7. The number of para-hydroxylation sites is 1. The lowest BCUT2D eigenvalue weighted by atomic mass is 10.1. The lowest BCUT2D eigenvalue weighted by molar-refractivity contribution is 0.0730. The summed E-state index contributed by atoms with van der Waals surface area (Å²) in [5, 5.41) is 2.78. The zero-order chi connectivity index (χ0) is 20.1. The van der Waals surface area contributed by atoms with Gasteiger partial charge in [0, 0.05) is 18.8 Å². The van der Waals surface area contributed by atoms with Gasteiger partial charge in [0.25, 0.3) is 5.91 Å². The molecule has 1 aliphatic heterocycles. The first-order chi connectivity index (χ1) is 13.4. The van der Waals surface area contributed by atoms with E-state index in [1.807, 2.05) is 13.8 Å². The number of anilines is 1. The number of amides is 1. The number of carbonyl (C=O) groups is 1. The number of hydrogen-bond donors (Lipinski definition) is 1. The first-order valence-corrected chi connectivity index (χ1v) is 10.6. The average molecular weight is 404 g/mol. The fourth-order valence-corrected chi connectivity index (χ4v) is 4.26. The topological polar surface area (TPSA) is 84.9 Å². The third-order valence-electron chi connectivity index (χ3n) is 4.21. The molecular weight excluding hydrogens is 380 g/mol. The molecule has 0 atom stereocenters. The van der Waals surface area contributed by atoms with Crippen molar-refractivity contribution >= 4 is 21.6 Å².